The number of nitrogens with zero attached hydrogens (tertiary/aromatic N) is 2. The smallest absolute Gasteiger partial charge is 0.236 e. The van der Waals surface area contributed by atoms with Crippen LogP contribution in [0.4, 0.5) is 4.39 Å². The van der Waals surface area contributed by atoms with Gasteiger partial charge < -0.3 is 4.90 Å². The minimum Gasteiger partial charge on any atom is -0.340 e. The maximum absolute atomic E-state index is 13.8. The van der Waals surface area contributed by atoms with Gasteiger partial charge in [-0.3, -0.25) is 14.5 Å². The molecule has 1 saturated heterocycles. The number of likely N-dealkylation sites (tertiary alicyclic amines) is 1. The van der Waals surface area contributed by atoms with E-state index in [-0.39, 0.29) is 30.0 Å². The van der Waals surface area contributed by atoms with Crippen molar-refractivity contribution in [2.24, 2.45) is 5.92 Å². The van der Waals surface area contributed by atoms with E-state index < -0.39 is 0 Å². The van der Waals surface area contributed by atoms with Crippen LogP contribution in [-0.2, 0) is 11.3 Å². The highest BCUT2D eigenvalue weighted by molar-refractivity contribution is 5.97. The number of piperidine rings is 1. The summed E-state index contributed by atoms with van der Waals surface area (Å²) in [6.45, 7) is 4.01. The van der Waals surface area contributed by atoms with Crippen molar-refractivity contribution < 1.29 is 14.0 Å². The largest absolute Gasteiger partial charge is 0.340 e. The molecule has 148 valence electrons. The third-order valence-electron chi connectivity index (χ3n) is 5.44. The van der Waals surface area contributed by atoms with Crippen molar-refractivity contribution in [3.8, 4) is 0 Å². The third kappa shape index (κ3) is 5.04. The lowest BCUT2D eigenvalue weighted by Gasteiger charge is -2.32. The Morgan fingerprint density at radius 2 is 1.71 bits per heavy atom. The fraction of sp³-hybridized carbons (Fsp3) is 0.391. The topological polar surface area (TPSA) is 40.6 Å². The molecule has 4 nitrogen and oxygen atoms in total. The first-order valence-corrected chi connectivity index (χ1v) is 9.74. The number of carbonyl (C=O) groups excluding carboxylic acids is 2. The van der Waals surface area contributed by atoms with Crippen molar-refractivity contribution in [1.29, 1.82) is 0 Å². The molecular formula is C23H27FN2O2. The molecule has 0 saturated carbocycles. The van der Waals surface area contributed by atoms with Crippen LogP contribution in [-0.4, -0.2) is 48.2 Å². The molecule has 0 spiro atoms. The van der Waals surface area contributed by atoms with Crippen molar-refractivity contribution in [3.05, 3.63) is 71.0 Å². The molecule has 0 aliphatic carbocycles. The van der Waals surface area contributed by atoms with Gasteiger partial charge in [0.15, 0.2) is 5.78 Å². The lowest BCUT2D eigenvalue weighted by atomic mass is 9.88. The minimum atomic E-state index is -0.294. The van der Waals surface area contributed by atoms with Crippen LogP contribution in [0.1, 0.15) is 34.3 Å². The van der Waals surface area contributed by atoms with E-state index in [1.165, 1.54) is 6.07 Å². The number of carbonyl (C=O) groups is 2. The van der Waals surface area contributed by atoms with Crippen LogP contribution >= 0.6 is 0 Å². The number of hydrogen-bond acceptors (Lipinski definition) is 3. The van der Waals surface area contributed by atoms with Crippen molar-refractivity contribution in [1.82, 2.24) is 9.80 Å². The second-order valence-corrected chi connectivity index (χ2v) is 7.62. The van der Waals surface area contributed by atoms with Gasteiger partial charge in [-0.25, -0.2) is 4.39 Å². The molecule has 0 atom stereocenters. The number of Topliss-reactive ketones (excluding diaryl/α,β-unsaturated/α-hetero) is 1. The molecule has 0 radical (unpaired) electrons. The first-order valence-electron chi connectivity index (χ1n) is 9.74. The number of halogens is 1. The number of likely N-dealkylation sites (N-methyl/N-ethyl adjacent to an activating group) is 1. The Bertz CT molecular complexity index is 827. The number of rotatable bonds is 6. The van der Waals surface area contributed by atoms with Crippen LogP contribution in [0.3, 0.4) is 0 Å². The fourth-order valence-corrected chi connectivity index (χ4v) is 3.59. The van der Waals surface area contributed by atoms with Gasteiger partial charge in [0.25, 0.3) is 0 Å². The summed E-state index contributed by atoms with van der Waals surface area (Å²) in [6, 6.07) is 14.2. The number of aryl methyl sites for hydroxylation is 1. The molecule has 0 bridgehead atoms. The molecule has 5 heteroatoms. The molecule has 2 aromatic carbocycles. The first-order chi connectivity index (χ1) is 13.4. The van der Waals surface area contributed by atoms with E-state index in [1.807, 2.05) is 31.2 Å². The Labute approximate surface area is 166 Å². The summed E-state index contributed by atoms with van der Waals surface area (Å²) in [5.74, 6) is -0.114. The van der Waals surface area contributed by atoms with Crippen molar-refractivity contribution in [3.63, 3.8) is 0 Å². The molecule has 0 N–H and O–H groups in total. The summed E-state index contributed by atoms with van der Waals surface area (Å²) < 4.78 is 13.8. The van der Waals surface area contributed by atoms with Crippen LogP contribution in [0.5, 0.6) is 0 Å². The molecule has 28 heavy (non-hydrogen) atoms. The van der Waals surface area contributed by atoms with Gasteiger partial charge in [0, 0.05) is 30.6 Å². The lowest BCUT2D eigenvalue weighted by Crippen LogP contribution is -2.43. The minimum absolute atomic E-state index is 0.0187. The van der Waals surface area contributed by atoms with E-state index in [1.54, 1.807) is 30.1 Å². The highest BCUT2D eigenvalue weighted by Crippen LogP contribution is 2.22. The zero-order chi connectivity index (χ0) is 20.1. The number of hydrogen-bond donors (Lipinski definition) is 0. The maximum atomic E-state index is 13.8. The van der Waals surface area contributed by atoms with Crippen molar-refractivity contribution in [2.75, 3.05) is 26.7 Å². The van der Waals surface area contributed by atoms with E-state index in [9.17, 15) is 14.0 Å². The summed E-state index contributed by atoms with van der Waals surface area (Å²) in [6.07, 6.45) is 1.52. The molecule has 0 aromatic heterocycles. The number of ketones is 1. The summed E-state index contributed by atoms with van der Waals surface area (Å²) in [4.78, 5) is 28.8. The molecule has 3 rings (SSSR count). The molecule has 1 aliphatic rings. The van der Waals surface area contributed by atoms with Gasteiger partial charge in [-0.1, -0.05) is 48.0 Å². The second-order valence-electron chi connectivity index (χ2n) is 7.62. The molecular weight excluding hydrogens is 355 g/mol. The molecule has 2 aromatic rings. The third-order valence-corrected chi connectivity index (χ3v) is 5.44. The number of amides is 1. The molecule has 1 aliphatic heterocycles. The van der Waals surface area contributed by atoms with Crippen LogP contribution in [0, 0.1) is 18.7 Å². The van der Waals surface area contributed by atoms with E-state index in [0.717, 1.165) is 37.1 Å². The van der Waals surface area contributed by atoms with Crippen molar-refractivity contribution in [2.45, 2.75) is 26.3 Å². The lowest BCUT2D eigenvalue weighted by molar-refractivity contribution is -0.132. The van der Waals surface area contributed by atoms with Crippen LogP contribution in [0.2, 0.25) is 0 Å². The van der Waals surface area contributed by atoms with E-state index in [2.05, 4.69) is 4.90 Å². The molecule has 0 unspecified atom stereocenters. The average Bonchev–Trinajstić information content (AvgIpc) is 2.70. The maximum Gasteiger partial charge on any atom is 0.236 e. The average molecular weight is 382 g/mol. The zero-order valence-electron chi connectivity index (χ0n) is 16.5. The zero-order valence-corrected chi connectivity index (χ0v) is 16.5. The van der Waals surface area contributed by atoms with Gasteiger partial charge in [-0.15, -0.1) is 0 Å². The Hall–Kier alpha value is -2.53. The standard InChI is InChI=1S/C23H27FN2O2/c1-17-7-9-18(10-8-17)23(28)19-11-13-26(14-12-19)16-22(27)25(2)15-20-5-3-4-6-21(20)24/h3-10,19H,11-16H2,1-2H3. The van der Waals surface area contributed by atoms with Gasteiger partial charge >= 0.3 is 0 Å². The Kier molecular flexibility index (Phi) is 6.57. The van der Waals surface area contributed by atoms with E-state index >= 15 is 0 Å². The highest BCUT2D eigenvalue weighted by Gasteiger charge is 2.27. The number of benzene rings is 2. The normalized spacial score (nSPS) is 15.4. The van der Waals surface area contributed by atoms with Gasteiger partial charge in [-0.05, 0) is 38.9 Å². The first kappa shape index (κ1) is 20.2. The fourth-order valence-electron chi connectivity index (χ4n) is 3.59. The predicted molar refractivity (Wildman–Crippen MR) is 108 cm³/mol. The summed E-state index contributed by atoms with van der Waals surface area (Å²) in [5.41, 5.74) is 2.43. The second kappa shape index (κ2) is 9.11. The SMILES string of the molecule is Cc1ccc(C(=O)C2CCN(CC(=O)N(C)Cc3ccccc3F)CC2)cc1. The van der Waals surface area contributed by atoms with Gasteiger partial charge in [0.2, 0.25) is 5.91 Å². The predicted octanol–water partition coefficient (Wildman–Crippen LogP) is 3.69. The highest BCUT2D eigenvalue weighted by atomic mass is 19.1. The Morgan fingerprint density at radius 1 is 1.07 bits per heavy atom. The van der Waals surface area contributed by atoms with Crippen LogP contribution < -0.4 is 0 Å². The monoisotopic (exact) mass is 382 g/mol. The van der Waals surface area contributed by atoms with E-state index in [0.29, 0.717) is 12.1 Å². The Morgan fingerprint density at radius 3 is 2.36 bits per heavy atom. The van der Waals surface area contributed by atoms with E-state index in [4.69, 9.17) is 0 Å². The van der Waals surface area contributed by atoms with Crippen molar-refractivity contribution >= 4 is 11.7 Å². The summed E-state index contributed by atoms with van der Waals surface area (Å²) >= 11 is 0. The van der Waals surface area contributed by atoms with Crippen LogP contribution in [0.15, 0.2) is 48.5 Å². The quantitative estimate of drug-likeness (QED) is 0.716. The van der Waals surface area contributed by atoms with Gasteiger partial charge in [-0.2, -0.15) is 0 Å². The Balaban J connectivity index is 1.48. The van der Waals surface area contributed by atoms with Crippen LogP contribution in [0.25, 0.3) is 0 Å². The summed E-state index contributed by atoms with van der Waals surface area (Å²) in [7, 11) is 1.70. The molecule has 1 heterocycles. The summed E-state index contributed by atoms with van der Waals surface area (Å²) in [5, 5.41) is 0. The van der Waals surface area contributed by atoms with Gasteiger partial charge in [0.1, 0.15) is 5.82 Å². The molecule has 1 amide bonds. The molecule has 1 fully saturated rings. The van der Waals surface area contributed by atoms with Gasteiger partial charge in [0.05, 0.1) is 6.54 Å².